The van der Waals surface area contributed by atoms with E-state index in [1.807, 2.05) is 62.3 Å². The van der Waals surface area contributed by atoms with Crippen LogP contribution in [0.15, 0.2) is 36.1 Å². The Labute approximate surface area is 248 Å². The maximum absolute atomic E-state index is 11.4. The van der Waals surface area contributed by atoms with Gasteiger partial charge in [-0.3, -0.25) is 4.79 Å². The second kappa shape index (κ2) is 22.8. The minimum absolute atomic E-state index is 0. The third-order valence-electron chi connectivity index (χ3n) is 4.19. The van der Waals surface area contributed by atoms with Crippen LogP contribution < -0.4 is 5.11 Å². The molecule has 0 aliphatic carbocycles. The molecule has 0 atom stereocenters. The molecule has 5 nitrogen and oxygen atoms in total. The summed E-state index contributed by atoms with van der Waals surface area (Å²) in [6.45, 7) is 25.1. The summed E-state index contributed by atoms with van der Waals surface area (Å²) in [7, 11) is -7.06. The van der Waals surface area contributed by atoms with E-state index in [-0.39, 0.29) is 31.0 Å². The molecule has 0 bridgehead atoms. The van der Waals surface area contributed by atoms with E-state index in [4.69, 9.17) is 13.6 Å². The first-order valence-electron chi connectivity index (χ1n) is 12.7. The Hall–Kier alpha value is -0.852. The van der Waals surface area contributed by atoms with Crippen molar-refractivity contribution in [3.63, 3.8) is 0 Å². The fourth-order valence-corrected chi connectivity index (χ4v) is 2.79. The number of halogens is 4. The molecule has 0 saturated heterocycles. The summed E-state index contributed by atoms with van der Waals surface area (Å²) in [5, 5.41) is 11.4. The van der Waals surface area contributed by atoms with E-state index in [9.17, 15) is 27.2 Å². The zero-order chi connectivity index (χ0) is 30.7. The molecule has 0 amide bonds. The van der Waals surface area contributed by atoms with Gasteiger partial charge in [0.1, 0.15) is 0 Å². The van der Waals surface area contributed by atoms with Crippen LogP contribution in [0.4, 0.5) is 17.3 Å². The minimum atomic E-state index is -6.00. The van der Waals surface area contributed by atoms with Gasteiger partial charge in [-0.15, -0.1) is 5.76 Å². The maximum atomic E-state index is 11.4. The normalized spacial score (nSPS) is 11.8. The van der Waals surface area contributed by atoms with Crippen LogP contribution in [0.25, 0.3) is 0 Å². The van der Waals surface area contributed by atoms with Crippen molar-refractivity contribution in [2.24, 2.45) is 10.8 Å². The standard InChI is InChI=1S/C11H20O2.C10H14.C6H15O3P.BF4.Ru/c1-10(2,3)8(12)7-9(13)11(4,5)6;1-8(2)10-6-4-9(3)5-7-10;1-4-7-10(8-5-2)9-6-3;2-1(3,4)5;/h7,12H,1-6H3;4-8H,1-3H3;4-6H2,1-3H3;;/q;;;-1;+2/p-1/b8-7-;;;;. The second-order valence-electron chi connectivity index (χ2n) is 10.4. The van der Waals surface area contributed by atoms with Gasteiger partial charge in [-0.05, 0) is 50.7 Å². The van der Waals surface area contributed by atoms with E-state index in [0.717, 1.165) is 0 Å². The summed E-state index contributed by atoms with van der Waals surface area (Å²) in [5.41, 5.74) is 1.84. The van der Waals surface area contributed by atoms with Crippen LogP contribution in [0.1, 0.15) is 93.2 Å². The van der Waals surface area contributed by atoms with Gasteiger partial charge in [0.2, 0.25) is 0 Å². The smallest absolute Gasteiger partial charge is 0.875 e. The molecule has 12 heteroatoms. The summed E-state index contributed by atoms with van der Waals surface area (Å²) < 4.78 is 54.4. The number of benzene rings is 1. The van der Waals surface area contributed by atoms with Gasteiger partial charge in [-0.25, -0.2) is 0 Å². The van der Waals surface area contributed by atoms with Crippen molar-refractivity contribution in [1.29, 1.82) is 0 Å². The Morgan fingerprint density at radius 1 is 0.872 bits per heavy atom. The Kier molecular flexibility index (Phi) is 26.4. The van der Waals surface area contributed by atoms with Gasteiger partial charge in [0, 0.05) is 5.41 Å². The molecule has 0 aliphatic rings. The number of hydrogen-bond donors (Lipinski definition) is 0. The van der Waals surface area contributed by atoms with Crippen molar-refractivity contribution in [2.45, 2.75) is 89.0 Å². The number of carbonyl (C=O) groups excluding carboxylic acids is 1. The molecule has 0 spiro atoms. The number of ketones is 1. The SMILES string of the molecule is CC(C)(C)C(=O)/C=C(\[O-])C(C)(C)C.CCOP(OCC)OCC.Cc1ccc(C(C)C)cc1.F[B-](F)(F)F.[Ru+2]. The van der Waals surface area contributed by atoms with Crippen molar-refractivity contribution in [3.05, 3.63) is 47.2 Å². The third-order valence-corrected chi connectivity index (χ3v) is 5.60. The average molecular weight is 672 g/mol. The summed E-state index contributed by atoms with van der Waals surface area (Å²) in [6, 6.07) is 8.71. The molecule has 1 aromatic carbocycles. The Bertz CT molecular complexity index is 758. The van der Waals surface area contributed by atoms with Crippen LogP contribution in [0.3, 0.4) is 0 Å². The van der Waals surface area contributed by atoms with Crippen molar-refractivity contribution in [2.75, 3.05) is 19.8 Å². The first-order chi connectivity index (χ1) is 17.1. The van der Waals surface area contributed by atoms with Crippen LogP contribution in [0.2, 0.25) is 0 Å². The molecular formula is C27H48BF4O5PRu. The molecular weight excluding hydrogens is 623 g/mol. The van der Waals surface area contributed by atoms with Gasteiger partial charge in [-0.2, -0.15) is 0 Å². The van der Waals surface area contributed by atoms with Crippen LogP contribution >= 0.6 is 8.60 Å². The van der Waals surface area contributed by atoms with Gasteiger partial charge in [0.15, 0.2) is 5.78 Å². The zero-order valence-corrected chi connectivity index (χ0v) is 28.1. The quantitative estimate of drug-likeness (QED) is 0.0911. The number of carbonyl (C=O) groups is 1. The molecule has 0 aromatic heterocycles. The largest absolute Gasteiger partial charge is 2.00 e. The molecule has 0 heterocycles. The summed E-state index contributed by atoms with van der Waals surface area (Å²) >= 11 is 0. The number of aryl methyl sites for hydroxylation is 1. The van der Waals surface area contributed by atoms with E-state index in [1.165, 1.54) is 17.2 Å². The number of rotatable bonds is 8. The molecule has 0 radical (unpaired) electrons. The fourth-order valence-electron chi connectivity index (χ4n) is 1.93. The van der Waals surface area contributed by atoms with Crippen molar-refractivity contribution < 1.29 is 60.2 Å². The third kappa shape index (κ3) is 31.5. The van der Waals surface area contributed by atoms with E-state index in [0.29, 0.717) is 25.7 Å². The minimum Gasteiger partial charge on any atom is -0.875 e. The van der Waals surface area contributed by atoms with Crippen molar-refractivity contribution in [3.8, 4) is 0 Å². The van der Waals surface area contributed by atoms with Crippen LogP contribution in [0, 0.1) is 17.8 Å². The molecule has 0 fully saturated rings. The van der Waals surface area contributed by atoms with E-state index < -0.39 is 26.7 Å². The predicted molar refractivity (Wildman–Crippen MR) is 149 cm³/mol. The van der Waals surface area contributed by atoms with Gasteiger partial charge >= 0.3 is 35.3 Å². The Morgan fingerprint density at radius 3 is 1.44 bits per heavy atom. The van der Waals surface area contributed by atoms with Crippen LogP contribution in [-0.2, 0) is 37.8 Å². The molecule has 0 unspecified atom stereocenters. The van der Waals surface area contributed by atoms with Crippen LogP contribution in [0.5, 0.6) is 0 Å². The van der Waals surface area contributed by atoms with Crippen molar-refractivity contribution in [1.82, 2.24) is 0 Å². The first kappa shape index (κ1) is 45.1. The summed E-state index contributed by atoms with van der Waals surface area (Å²) in [6.07, 6.45) is 1.22. The van der Waals surface area contributed by atoms with Gasteiger partial charge in [0.25, 0.3) is 0 Å². The van der Waals surface area contributed by atoms with Gasteiger partial charge < -0.3 is 35.9 Å². The molecule has 0 saturated carbocycles. The molecule has 0 N–H and O–H groups in total. The van der Waals surface area contributed by atoms with Crippen LogP contribution in [-0.4, -0.2) is 32.9 Å². The predicted octanol–water partition coefficient (Wildman–Crippen LogP) is 8.63. The zero-order valence-electron chi connectivity index (χ0n) is 25.5. The first-order valence-corrected chi connectivity index (χ1v) is 13.8. The number of allylic oxidation sites excluding steroid dienone is 2. The summed E-state index contributed by atoms with van der Waals surface area (Å²) in [4.78, 5) is 11.4. The summed E-state index contributed by atoms with van der Waals surface area (Å²) in [5.74, 6) is 0.445. The molecule has 1 rings (SSSR count). The van der Waals surface area contributed by atoms with Crippen molar-refractivity contribution >= 4 is 21.6 Å². The Morgan fingerprint density at radius 2 is 1.21 bits per heavy atom. The topological polar surface area (TPSA) is 67.8 Å². The van der Waals surface area contributed by atoms with Gasteiger partial charge in [0.05, 0.1) is 19.8 Å². The molecule has 1 aromatic rings. The van der Waals surface area contributed by atoms with E-state index >= 15 is 0 Å². The van der Waals surface area contributed by atoms with E-state index in [1.54, 1.807) is 0 Å². The molecule has 0 aliphatic heterocycles. The fraction of sp³-hybridized carbons (Fsp3) is 0.667. The number of hydrogen-bond acceptors (Lipinski definition) is 5. The molecule has 230 valence electrons. The average Bonchev–Trinajstić information content (AvgIpc) is 2.73. The Balaban J connectivity index is -0.000000216. The van der Waals surface area contributed by atoms with E-state index in [2.05, 4.69) is 45.0 Å². The van der Waals surface area contributed by atoms with Gasteiger partial charge in [-0.1, -0.05) is 85.2 Å². The maximum Gasteiger partial charge on any atom is 2.00 e. The monoisotopic (exact) mass is 672 g/mol. The second-order valence-corrected chi connectivity index (χ2v) is 11.6. The molecule has 39 heavy (non-hydrogen) atoms.